The van der Waals surface area contributed by atoms with E-state index in [1.807, 2.05) is 43.3 Å². The molecule has 0 atom stereocenters. The molecule has 3 aromatic rings. The average molecular weight is 445 g/mol. The summed E-state index contributed by atoms with van der Waals surface area (Å²) in [5.41, 5.74) is 2.15. The number of para-hydroxylation sites is 1. The van der Waals surface area contributed by atoms with Crippen LogP contribution in [0.4, 0.5) is 0 Å². The summed E-state index contributed by atoms with van der Waals surface area (Å²) in [4.78, 5) is 0. The van der Waals surface area contributed by atoms with E-state index in [0.29, 0.717) is 6.61 Å². The molecule has 0 spiro atoms. The number of nitrogens with zero attached hydrogens (tertiary/aromatic N) is 4. The monoisotopic (exact) mass is 444 g/mol. The number of rotatable bonds is 8. The van der Waals surface area contributed by atoms with Crippen molar-refractivity contribution in [2.24, 2.45) is 5.10 Å². The molecule has 0 aliphatic rings. The van der Waals surface area contributed by atoms with E-state index < -0.39 is 0 Å². The fourth-order valence-corrected chi connectivity index (χ4v) is 3.49. The number of ether oxygens (including phenoxy) is 1. The molecule has 0 aliphatic heterocycles. The number of thioether (sulfide) groups is 1. The molecule has 2 aromatic carbocycles. The van der Waals surface area contributed by atoms with Crippen LogP contribution in [0.2, 0.25) is 0 Å². The SMILES string of the molecule is CCCOc1ccccc1/C=N/n1c(C)nnc1SCc1ccc(Br)cc1. The maximum Gasteiger partial charge on any atom is 0.212 e. The van der Waals surface area contributed by atoms with E-state index >= 15 is 0 Å². The standard InChI is InChI=1S/C20H21BrN4OS/c1-3-12-26-19-7-5-4-6-17(19)13-22-25-15(2)23-24-20(25)27-14-16-8-10-18(21)11-9-16/h4-11,13H,3,12,14H2,1-2H3/b22-13+. The van der Waals surface area contributed by atoms with Crippen LogP contribution < -0.4 is 4.74 Å². The number of aryl methyl sites for hydroxylation is 1. The third-order valence-corrected chi connectivity index (χ3v) is 5.26. The number of benzene rings is 2. The van der Waals surface area contributed by atoms with Crippen LogP contribution >= 0.6 is 27.7 Å². The summed E-state index contributed by atoms with van der Waals surface area (Å²) in [6.07, 6.45) is 2.76. The van der Waals surface area contributed by atoms with Crippen molar-refractivity contribution in [1.29, 1.82) is 0 Å². The first kappa shape index (κ1) is 19.6. The molecule has 0 fully saturated rings. The summed E-state index contributed by atoms with van der Waals surface area (Å²) in [6.45, 7) is 4.67. The highest BCUT2D eigenvalue weighted by atomic mass is 79.9. The topological polar surface area (TPSA) is 52.3 Å². The third-order valence-electron chi connectivity index (χ3n) is 3.74. The molecule has 27 heavy (non-hydrogen) atoms. The number of halogens is 1. The predicted octanol–water partition coefficient (Wildman–Crippen LogP) is 5.31. The molecule has 0 aliphatic carbocycles. The van der Waals surface area contributed by atoms with Crippen LogP contribution in [0.5, 0.6) is 5.75 Å². The lowest BCUT2D eigenvalue weighted by Crippen LogP contribution is -2.00. The molecule has 0 amide bonds. The van der Waals surface area contributed by atoms with Gasteiger partial charge in [-0.25, -0.2) is 0 Å². The smallest absolute Gasteiger partial charge is 0.212 e. The lowest BCUT2D eigenvalue weighted by molar-refractivity contribution is 0.317. The molecular weight excluding hydrogens is 424 g/mol. The number of aromatic nitrogens is 3. The Labute approximate surface area is 172 Å². The molecule has 0 bridgehead atoms. The van der Waals surface area contributed by atoms with E-state index in [1.54, 1.807) is 22.7 Å². The van der Waals surface area contributed by atoms with Crippen molar-refractivity contribution in [1.82, 2.24) is 14.9 Å². The van der Waals surface area contributed by atoms with Crippen LogP contribution in [-0.2, 0) is 5.75 Å². The van der Waals surface area contributed by atoms with Gasteiger partial charge in [0.1, 0.15) is 5.75 Å². The van der Waals surface area contributed by atoms with Gasteiger partial charge in [-0.2, -0.15) is 9.78 Å². The number of hydrogen-bond acceptors (Lipinski definition) is 5. The van der Waals surface area contributed by atoms with Crippen molar-refractivity contribution >= 4 is 33.9 Å². The zero-order valence-corrected chi connectivity index (χ0v) is 17.7. The first-order chi connectivity index (χ1) is 13.2. The van der Waals surface area contributed by atoms with Gasteiger partial charge in [0.05, 0.1) is 12.8 Å². The zero-order chi connectivity index (χ0) is 19.1. The lowest BCUT2D eigenvalue weighted by atomic mass is 10.2. The summed E-state index contributed by atoms with van der Waals surface area (Å²) >= 11 is 5.07. The summed E-state index contributed by atoms with van der Waals surface area (Å²) in [5, 5.41) is 13.8. The first-order valence-electron chi connectivity index (χ1n) is 8.73. The largest absolute Gasteiger partial charge is 0.493 e. The van der Waals surface area contributed by atoms with Crippen LogP contribution in [0.25, 0.3) is 0 Å². The van der Waals surface area contributed by atoms with Crippen molar-refractivity contribution < 1.29 is 4.74 Å². The van der Waals surface area contributed by atoms with Gasteiger partial charge in [0.15, 0.2) is 5.82 Å². The molecule has 0 N–H and O–H groups in total. The Balaban J connectivity index is 1.75. The fraction of sp³-hybridized carbons (Fsp3) is 0.250. The number of hydrogen-bond donors (Lipinski definition) is 0. The minimum absolute atomic E-state index is 0.685. The molecule has 0 saturated heterocycles. The molecule has 140 valence electrons. The van der Waals surface area contributed by atoms with Crippen LogP contribution in [0.15, 0.2) is 63.3 Å². The van der Waals surface area contributed by atoms with Crippen molar-refractivity contribution in [2.45, 2.75) is 31.2 Å². The van der Waals surface area contributed by atoms with Gasteiger partial charge in [-0.05, 0) is 43.2 Å². The van der Waals surface area contributed by atoms with E-state index in [0.717, 1.165) is 38.9 Å². The molecule has 5 nitrogen and oxygen atoms in total. The summed E-state index contributed by atoms with van der Waals surface area (Å²) in [6, 6.07) is 16.1. The molecule has 1 heterocycles. The zero-order valence-electron chi connectivity index (χ0n) is 15.3. The van der Waals surface area contributed by atoms with Crippen molar-refractivity contribution in [3.63, 3.8) is 0 Å². The first-order valence-corrected chi connectivity index (χ1v) is 10.5. The van der Waals surface area contributed by atoms with Crippen molar-refractivity contribution in [3.05, 3.63) is 70.0 Å². The van der Waals surface area contributed by atoms with Gasteiger partial charge in [-0.3, -0.25) is 0 Å². The maximum atomic E-state index is 5.79. The second-order valence-electron chi connectivity index (χ2n) is 5.89. The van der Waals surface area contributed by atoms with Gasteiger partial charge in [-0.1, -0.05) is 58.9 Å². The molecule has 0 saturated carbocycles. The highest BCUT2D eigenvalue weighted by Gasteiger charge is 2.09. The van der Waals surface area contributed by atoms with Crippen molar-refractivity contribution in [3.8, 4) is 5.75 Å². The van der Waals surface area contributed by atoms with Crippen LogP contribution in [0.3, 0.4) is 0 Å². The van der Waals surface area contributed by atoms with E-state index in [1.165, 1.54) is 5.56 Å². The molecule has 0 radical (unpaired) electrons. The fourth-order valence-electron chi connectivity index (χ4n) is 2.34. The highest BCUT2D eigenvalue weighted by molar-refractivity contribution is 9.10. The quantitative estimate of drug-likeness (QED) is 0.348. The summed E-state index contributed by atoms with van der Waals surface area (Å²) in [7, 11) is 0. The molecule has 0 unspecified atom stereocenters. The Morgan fingerprint density at radius 3 is 2.70 bits per heavy atom. The molecule has 1 aromatic heterocycles. The Bertz CT molecular complexity index is 909. The lowest BCUT2D eigenvalue weighted by Gasteiger charge is -2.07. The average Bonchev–Trinajstić information content (AvgIpc) is 3.04. The van der Waals surface area contributed by atoms with Gasteiger partial charge >= 0.3 is 0 Å². The summed E-state index contributed by atoms with van der Waals surface area (Å²) in [5.74, 6) is 2.38. The van der Waals surface area contributed by atoms with Gasteiger partial charge in [0.2, 0.25) is 5.16 Å². The summed E-state index contributed by atoms with van der Waals surface area (Å²) < 4.78 is 8.63. The van der Waals surface area contributed by atoms with Gasteiger partial charge in [-0.15, -0.1) is 10.2 Å². The predicted molar refractivity (Wildman–Crippen MR) is 114 cm³/mol. The highest BCUT2D eigenvalue weighted by Crippen LogP contribution is 2.23. The normalized spacial score (nSPS) is 11.2. The Hall–Kier alpha value is -2.12. The van der Waals surface area contributed by atoms with Crippen LogP contribution in [0, 0.1) is 6.92 Å². The van der Waals surface area contributed by atoms with E-state index in [2.05, 4.69) is 50.3 Å². The van der Waals surface area contributed by atoms with Gasteiger partial charge in [0, 0.05) is 15.8 Å². The van der Waals surface area contributed by atoms with Crippen molar-refractivity contribution in [2.75, 3.05) is 6.61 Å². The second kappa shape index (κ2) is 9.71. The Morgan fingerprint density at radius 1 is 1.15 bits per heavy atom. The molecular formula is C20H21BrN4OS. The maximum absolute atomic E-state index is 5.79. The second-order valence-corrected chi connectivity index (χ2v) is 7.75. The minimum Gasteiger partial charge on any atom is -0.493 e. The third kappa shape index (κ3) is 5.43. The van der Waals surface area contributed by atoms with Crippen LogP contribution in [0.1, 0.15) is 30.3 Å². The molecule has 7 heteroatoms. The van der Waals surface area contributed by atoms with Crippen LogP contribution in [-0.4, -0.2) is 27.7 Å². The minimum atomic E-state index is 0.685. The van der Waals surface area contributed by atoms with E-state index in [9.17, 15) is 0 Å². The van der Waals surface area contributed by atoms with Gasteiger partial charge < -0.3 is 4.74 Å². The Kier molecular flexibility index (Phi) is 7.06. The van der Waals surface area contributed by atoms with Gasteiger partial charge in [0.25, 0.3) is 0 Å². The van der Waals surface area contributed by atoms with E-state index in [4.69, 9.17) is 4.74 Å². The molecule has 3 rings (SSSR count). The van der Waals surface area contributed by atoms with E-state index in [-0.39, 0.29) is 0 Å². The Morgan fingerprint density at radius 2 is 1.93 bits per heavy atom.